The summed E-state index contributed by atoms with van der Waals surface area (Å²) in [6.45, 7) is 6.10. The Morgan fingerprint density at radius 1 is 1.30 bits per heavy atom. The van der Waals surface area contributed by atoms with Crippen molar-refractivity contribution in [2.45, 2.75) is 33.1 Å². The van der Waals surface area contributed by atoms with Gasteiger partial charge in [0.25, 0.3) is 5.91 Å². The van der Waals surface area contributed by atoms with Gasteiger partial charge in [-0.3, -0.25) is 14.9 Å². The van der Waals surface area contributed by atoms with E-state index in [4.69, 9.17) is 21.7 Å². The number of nitrogens with one attached hydrogen (secondary N) is 1. The standard InChI is InChI=1S/C19H25BrN2O4S/c1-3-11-26-16-6-5-14(12-15(16)20)17(23)21-19(27)22-9-7-13(8-10-22)18(24)25-4-2/h5-6,12-13H,3-4,7-11H2,1-2H3,(H,21,23,27). The normalized spacial score (nSPS) is 14.6. The van der Waals surface area contributed by atoms with Crippen LogP contribution in [0.3, 0.4) is 0 Å². The Hall–Kier alpha value is -1.67. The zero-order chi connectivity index (χ0) is 19.8. The summed E-state index contributed by atoms with van der Waals surface area (Å²) in [6, 6.07) is 5.19. The highest BCUT2D eigenvalue weighted by atomic mass is 79.9. The van der Waals surface area contributed by atoms with Gasteiger partial charge in [0, 0.05) is 18.7 Å². The molecule has 8 heteroatoms. The minimum absolute atomic E-state index is 0.0914. The summed E-state index contributed by atoms with van der Waals surface area (Å²) in [5, 5.41) is 3.14. The number of benzene rings is 1. The molecule has 27 heavy (non-hydrogen) atoms. The van der Waals surface area contributed by atoms with Gasteiger partial charge in [0.15, 0.2) is 5.11 Å². The second-order valence-electron chi connectivity index (χ2n) is 6.27. The predicted octanol–water partition coefficient (Wildman–Crippen LogP) is 3.53. The highest BCUT2D eigenvalue weighted by molar-refractivity contribution is 9.10. The average molecular weight is 457 g/mol. The highest BCUT2D eigenvalue weighted by Gasteiger charge is 2.27. The molecule has 0 unspecified atom stereocenters. The predicted molar refractivity (Wildman–Crippen MR) is 111 cm³/mol. The van der Waals surface area contributed by atoms with E-state index >= 15 is 0 Å². The number of thiocarbonyl (C=S) groups is 1. The van der Waals surface area contributed by atoms with E-state index in [9.17, 15) is 9.59 Å². The van der Waals surface area contributed by atoms with Crippen LogP contribution >= 0.6 is 28.1 Å². The van der Waals surface area contributed by atoms with Crippen molar-refractivity contribution in [1.82, 2.24) is 10.2 Å². The van der Waals surface area contributed by atoms with Crippen molar-refractivity contribution < 1.29 is 19.1 Å². The van der Waals surface area contributed by atoms with Crippen LogP contribution in [-0.2, 0) is 9.53 Å². The minimum atomic E-state index is -0.268. The maximum Gasteiger partial charge on any atom is 0.309 e. The Morgan fingerprint density at radius 3 is 2.59 bits per heavy atom. The monoisotopic (exact) mass is 456 g/mol. The number of carbonyl (C=O) groups is 2. The van der Waals surface area contributed by atoms with Crippen LogP contribution in [0.4, 0.5) is 0 Å². The first-order valence-corrected chi connectivity index (χ1v) is 10.4. The molecule has 1 aliphatic rings. The first-order valence-electron chi connectivity index (χ1n) is 9.15. The zero-order valence-corrected chi connectivity index (χ0v) is 18.0. The number of nitrogens with zero attached hydrogens (tertiary/aromatic N) is 1. The molecule has 0 aliphatic carbocycles. The molecule has 148 valence electrons. The maximum absolute atomic E-state index is 12.5. The molecule has 1 heterocycles. The molecule has 0 radical (unpaired) electrons. The molecule has 0 bridgehead atoms. The van der Waals surface area contributed by atoms with Gasteiger partial charge in [-0.1, -0.05) is 6.92 Å². The maximum atomic E-state index is 12.5. The molecular formula is C19H25BrN2O4S. The molecule has 1 aliphatic heterocycles. The van der Waals surface area contributed by atoms with Crippen molar-refractivity contribution >= 4 is 45.1 Å². The van der Waals surface area contributed by atoms with Gasteiger partial charge in [0.2, 0.25) is 0 Å². The first-order chi connectivity index (χ1) is 13.0. The van der Waals surface area contributed by atoms with E-state index in [1.165, 1.54) is 0 Å². The number of halogens is 1. The number of amides is 1. The van der Waals surface area contributed by atoms with E-state index in [-0.39, 0.29) is 17.8 Å². The molecule has 1 saturated heterocycles. The van der Waals surface area contributed by atoms with E-state index in [0.717, 1.165) is 10.9 Å². The van der Waals surface area contributed by atoms with Crippen molar-refractivity contribution in [2.75, 3.05) is 26.3 Å². The number of hydrogen-bond acceptors (Lipinski definition) is 5. The van der Waals surface area contributed by atoms with Gasteiger partial charge in [-0.15, -0.1) is 0 Å². The van der Waals surface area contributed by atoms with Gasteiger partial charge in [0.1, 0.15) is 5.75 Å². The Bertz CT molecular complexity index is 690. The number of piperidine rings is 1. The van der Waals surface area contributed by atoms with E-state index in [0.29, 0.717) is 55.6 Å². The smallest absolute Gasteiger partial charge is 0.309 e. The summed E-state index contributed by atoms with van der Waals surface area (Å²) in [4.78, 5) is 26.2. The van der Waals surface area contributed by atoms with E-state index < -0.39 is 0 Å². The highest BCUT2D eigenvalue weighted by Crippen LogP contribution is 2.26. The van der Waals surface area contributed by atoms with Crippen LogP contribution in [0.1, 0.15) is 43.5 Å². The molecule has 0 atom stereocenters. The topological polar surface area (TPSA) is 67.9 Å². The van der Waals surface area contributed by atoms with Crippen molar-refractivity contribution in [3.8, 4) is 5.75 Å². The number of likely N-dealkylation sites (tertiary alicyclic amines) is 1. The third-order valence-electron chi connectivity index (χ3n) is 4.28. The summed E-state index contributed by atoms with van der Waals surface area (Å²) in [5.74, 6) is 0.195. The SMILES string of the molecule is CCCOc1ccc(C(=O)NC(=S)N2CCC(C(=O)OCC)CC2)cc1Br. The largest absolute Gasteiger partial charge is 0.492 e. The van der Waals surface area contributed by atoms with Gasteiger partial charge < -0.3 is 14.4 Å². The number of carbonyl (C=O) groups excluding carboxylic acids is 2. The summed E-state index contributed by atoms with van der Waals surface area (Å²) >= 11 is 8.79. The Morgan fingerprint density at radius 2 is 2.00 bits per heavy atom. The summed E-state index contributed by atoms with van der Waals surface area (Å²) in [7, 11) is 0. The van der Waals surface area contributed by atoms with Crippen LogP contribution in [0.2, 0.25) is 0 Å². The Labute approximate surface area is 173 Å². The zero-order valence-electron chi connectivity index (χ0n) is 15.6. The van der Waals surface area contributed by atoms with Gasteiger partial charge >= 0.3 is 5.97 Å². The minimum Gasteiger partial charge on any atom is -0.492 e. The molecular weight excluding hydrogens is 432 g/mol. The molecule has 1 aromatic carbocycles. The lowest BCUT2D eigenvalue weighted by atomic mass is 9.97. The second kappa shape index (κ2) is 10.6. The first kappa shape index (κ1) is 21.6. The fourth-order valence-corrected chi connectivity index (χ4v) is 3.57. The summed E-state index contributed by atoms with van der Waals surface area (Å²) in [6.07, 6.45) is 2.25. The second-order valence-corrected chi connectivity index (χ2v) is 7.51. The molecule has 2 rings (SSSR count). The fourth-order valence-electron chi connectivity index (χ4n) is 2.80. The lowest BCUT2D eigenvalue weighted by Crippen LogP contribution is -2.47. The number of rotatable bonds is 6. The third kappa shape index (κ3) is 6.17. The van der Waals surface area contributed by atoms with E-state index in [1.807, 2.05) is 11.8 Å². The summed E-state index contributed by atoms with van der Waals surface area (Å²) < 4.78 is 11.4. The van der Waals surface area contributed by atoms with E-state index in [2.05, 4.69) is 21.2 Å². The Balaban J connectivity index is 1.88. The van der Waals surface area contributed by atoms with Crippen LogP contribution in [-0.4, -0.2) is 48.2 Å². The van der Waals surface area contributed by atoms with Crippen molar-refractivity contribution in [3.63, 3.8) is 0 Å². The molecule has 0 spiro atoms. The molecule has 1 fully saturated rings. The molecule has 1 aromatic rings. The molecule has 6 nitrogen and oxygen atoms in total. The molecule has 1 amide bonds. The molecule has 1 N–H and O–H groups in total. The summed E-state index contributed by atoms with van der Waals surface area (Å²) in [5.41, 5.74) is 0.495. The van der Waals surface area contributed by atoms with Gasteiger partial charge in [-0.2, -0.15) is 0 Å². The van der Waals surface area contributed by atoms with Crippen LogP contribution in [0.5, 0.6) is 5.75 Å². The number of hydrogen-bond donors (Lipinski definition) is 1. The molecule has 0 saturated carbocycles. The van der Waals surface area contributed by atoms with Gasteiger partial charge in [0.05, 0.1) is 23.6 Å². The molecule has 0 aromatic heterocycles. The van der Waals surface area contributed by atoms with E-state index in [1.54, 1.807) is 25.1 Å². The van der Waals surface area contributed by atoms with Gasteiger partial charge in [-0.05, 0) is 72.5 Å². The van der Waals surface area contributed by atoms with Gasteiger partial charge in [-0.25, -0.2) is 0 Å². The fraction of sp³-hybridized carbons (Fsp3) is 0.526. The van der Waals surface area contributed by atoms with Crippen LogP contribution in [0.15, 0.2) is 22.7 Å². The van der Waals surface area contributed by atoms with Crippen LogP contribution < -0.4 is 10.1 Å². The lowest BCUT2D eigenvalue weighted by molar-refractivity contribution is -0.149. The Kier molecular flexibility index (Phi) is 8.50. The third-order valence-corrected chi connectivity index (χ3v) is 5.26. The number of esters is 1. The van der Waals surface area contributed by atoms with Crippen molar-refractivity contribution in [3.05, 3.63) is 28.2 Å². The van der Waals surface area contributed by atoms with Crippen molar-refractivity contribution in [1.29, 1.82) is 0 Å². The van der Waals surface area contributed by atoms with Crippen LogP contribution in [0, 0.1) is 5.92 Å². The average Bonchev–Trinajstić information content (AvgIpc) is 2.67. The van der Waals surface area contributed by atoms with Crippen LogP contribution in [0.25, 0.3) is 0 Å². The van der Waals surface area contributed by atoms with Crippen molar-refractivity contribution in [2.24, 2.45) is 5.92 Å². The quantitative estimate of drug-likeness (QED) is 0.521. The lowest BCUT2D eigenvalue weighted by Gasteiger charge is -2.32. The number of ether oxygens (including phenoxy) is 2.